The van der Waals surface area contributed by atoms with Gasteiger partial charge in [-0.15, -0.1) is 35.3 Å². The van der Waals surface area contributed by atoms with E-state index in [1.165, 1.54) is 0 Å². The van der Waals surface area contributed by atoms with Crippen molar-refractivity contribution in [3.8, 4) is 0 Å². The van der Waals surface area contributed by atoms with Crippen molar-refractivity contribution in [2.24, 2.45) is 10.9 Å². The molecule has 1 fully saturated rings. The van der Waals surface area contributed by atoms with Crippen molar-refractivity contribution in [2.45, 2.75) is 25.8 Å². The second-order valence-electron chi connectivity index (χ2n) is 6.16. The zero-order valence-corrected chi connectivity index (χ0v) is 18.3. The molecule has 0 bridgehead atoms. The van der Waals surface area contributed by atoms with E-state index in [0.29, 0.717) is 12.5 Å². The molecule has 0 atom stereocenters. The Morgan fingerprint density at radius 3 is 3.04 bits per heavy atom. The smallest absolute Gasteiger partial charge is 0.193 e. The van der Waals surface area contributed by atoms with Crippen LogP contribution in [-0.2, 0) is 16.0 Å². The number of ether oxygens (including phenoxy) is 2. The van der Waals surface area contributed by atoms with Gasteiger partial charge in [0.1, 0.15) is 0 Å². The summed E-state index contributed by atoms with van der Waals surface area (Å²) < 4.78 is 13.2. The number of aliphatic imine (C=N–C) groups is 1. The number of thiazole rings is 1. The first-order valence-electron chi connectivity index (χ1n) is 8.86. The zero-order chi connectivity index (χ0) is 17.3. The Bertz CT molecular complexity index is 640. The monoisotopic (exact) mass is 493 g/mol. The van der Waals surface area contributed by atoms with Crippen LogP contribution in [0.25, 0.3) is 4.96 Å². The number of halogens is 1. The maximum atomic E-state index is 5.78. The second kappa shape index (κ2) is 11.7. The second-order valence-corrected chi connectivity index (χ2v) is 7.03. The number of hydrogen-bond acceptors (Lipinski definition) is 5. The molecule has 9 heteroatoms. The molecule has 0 aromatic carbocycles. The maximum Gasteiger partial charge on any atom is 0.193 e. The van der Waals surface area contributed by atoms with Crippen molar-refractivity contribution >= 4 is 46.2 Å². The highest BCUT2D eigenvalue weighted by Gasteiger charge is 2.13. The third kappa shape index (κ3) is 6.67. The highest BCUT2D eigenvalue weighted by molar-refractivity contribution is 14.0. The fraction of sp³-hybridized carbons (Fsp3) is 0.647. The van der Waals surface area contributed by atoms with Gasteiger partial charge >= 0.3 is 0 Å². The van der Waals surface area contributed by atoms with E-state index in [9.17, 15) is 0 Å². The molecule has 0 saturated carbocycles. The molecule has 1 aliphatic rings. The predicted octanol–water partition coefficient (Wildman–Crippen LogP) is 2.51. The van der Waals surface area contributed by atoms with E-state index in [4.69, 9.17) is 9.47 Å². The fourth-order valence-electron chi connectivity index (χ4n) is 2.80. The van der Waals surface area contributed by atoms with Crippen LogP contribution < -0.4 is 10.6 Å². The molecule has 1 aliphatic heterocycles. The van der Waals surface area contributed by atoms with Crippen molar-refractivity contribution in [3.63, 3.8) is 0 Å². The Labute approximate surface area is 175 Å². The number of aromatic nitrogens is 2. The summed E-state index contributed by atoms with van der Waals surface area (Å²) in [6.45, 7) is 4.89. The lowest BCUT2D eigenvalue weighted by molar-refractivity contribution is 0.0203. The Hall–Kier alpha value is -0.910. The highest BCUT2D eigenvalue weighted by Crippen LogP contribution is 2.14. The molecule has 26 heavy (non-hydrogen) atoms. The van der Waals surface area contributed by atoms with Crippen LogP contribution in [0.1, 0.15) is 25.0 Å². The molecule has 2 aromatic rings. The molecule has 3 rings (SSSR count). The molecular weight excluding hydrogens is 465 g/mol. The molecule has 0 unspecified atom stereocenters. The first-order chi connectivity index (χ1) is 12.3. The number of rotatable bonds is 8. The maximum absolute atomic E-state index is 5.78. The molecule has 146 valence electrons. The van der Waals surface area contributed by atoms with Crippen LogP contribution in [0.15, 0.2) is 22.8 Å². The summed E-state index contributed by atoms with van der Waals surface area (Å²) in [6, 6.07) is 0. The van der Waals surface area contributed by atoms with Gasteiger partial charge in [-0.25, -0.2) is 4.98 Å². The lowest BCUT2D eigenvalue weighted by atomic mass is 10.0. The quantitative estimate of drug-likeness (QED) is 0.256. The van der Waals surface area contributed by atoms with E-state index >= 15 is 0 Å². The number of hydrogen-bond donors (Lipinski definition) is 2. The van der Waals surface area contributed by atoms with Crippen LogP contribution in [-0.4, -0.2) is 55.4 Å². The summed E-state index contributed by atoms with van der Waals surface area (Å²) in [4.78, 5) is 9.81. The molecule has 2 aromatic heterocycles. The van der Waals surface area contributed by atoms with Crippen LogP contribution in [0.4, 0.5) is 0 Å². The van der Waals surface area contributed by atoms with E-state index in [1.54, 1.807) is 18.4 Å². The van der Waals surface area contributed by atoms with E-state index < -0.39 is 0 Å². The van der Waals surface area contributed by atoms with Gasteiger partial charge in [0.15, 0.2) is 10.9 Å². The van der Waals surface area contributed by atoms with Crippen LogP contribution in [0, 0.1) is 5.92 Å². The Morgan fingerprint density at radius 2 is 2.27 bits per heavy atom. The minimum atomic E-state index is 0. The summed E-state index contributed by atoms with van der Waals surface area (Å²) in [5.74, 6) is 1.46. The average Bonchev–Trinajstić information content (AvgIpc) is 3.23. The van der Waals surface area contributed by atoms with Gasteiger partial charge in [-0.2, -0.15) is 0 Å². The molecule has 1 saturated heterocycles. The van der Waals surface area contributed by atoms with Crippen molar-refractivity contribution in [2.75, 3.05) is 40.0 Å². The van der Waals surface area contributed by atoms with E-state index in [-0.39, 0.29) is 24.0 Å². The first-order valence-corrected chi connectivity index (χ1v) is 9.74. The van der Waals surface area contributed by atoms with Crippen LogP contribution in [0.2, 0.25) is 0 Å². The molecular formula is C17H28IN5O2S. The van der Waals surface area contributed by atoms with E-state index in [2.05, 4.69) is 20.6 Å². The van der Waals surface area contributed by atoms with Crippen molar-refractivity contribution in [1.82, 2.24) is 20.0 Å². The fourth-order valence-corrected chi connectivity index (χ4v) is 3.52. The third-order valence-electron chi connectivity index (χ3n) is 4.26. The van der Waals surface area contributed by atoms with Gasteiger partial charge in [0, 0.05) is 57.8 Å². The standard InChI is InChI=1S/C17H27N5O2S.HI/c1-18-16(20-11-15-12-22-6-10-25-17(22)21-15)19-5-2-7-24-13-14-3-8-23-9-4-14;/h6,10,12,14H,2-5,7-9,11,13H2,1H3,(H2,18,19,20);1H. The van der Waals surface area contributed by atoms with Crippen LogP contribution in [0.5, 0.6) is 0 Å². The van der Waals surface area contributed by atoms with Crippen molar-refractivity contribution < 1.29 is 9.47 Å². The van der Waals surface area contributed by atoms with Gasteiger partial charge in [-0.05, 0) is 25.2 Å². The summed E-state index contributed by atoms with van der Waals surface area (Å²) >= 11 is 1.64. The zero-order valence-electron chi connectivity index (χ0n) is 15.1. The number of guanidine groups is 1. The predicted molar refractivity (Wildman–Crippen MR) is 116 cm³/mol. The van der Waals surface area contributed by atoms with Gasteiger partial charge in [0.25, 0.3) is 0 Å². The highest BCUT2D eigenvalue weighted by atomic mass is 127. The van der Waals surface area contributed by atoms with Crippen molar-refractivity contribution in [3.05, 3.63) is 23.5 Å². The number of nitrogens with one attached hydrogen (secondary N) is 2. The lowest BCUT2D eigenvalue weighted by Crippen LogP contribution is -2.37. The molecule has 7 nitrogen and oxygen atoms in total. The molecule has 0 amide bonds. The topological polar surface area (TPSA) is 72.2 Å². The third-order valence-corrected chi connectivity index (χ3v) is 5.03. The van der Waals surface area contributed by atoms with E-state index in [1.807, 2.05) is 22.2 Å². The largest absolute Gasteiger partial charge is 0.381 e. The van der Waals surface area contributed by atoms with Gasteiger partial charge in [-0.1, -0.05) is 0 Å². The number of imidazole rings is 1. The minimum Gasteiger partial charge on any atom is -0.381 e. The lowest BCUT2D eigenvalue weighted by Gasteiger charge is -2.21. The average molecular weight is 493 g/mol. The molecule has 0 radical (unpaired) electrons. The SMILES string of the molecule is CN=C(NCCCOCC1CCOCC1)NCc1cn2ccsc2n1.I. The first kappa shape index (κ1) is 21.4. The molecule has 3 heterocycles. The number of nitrogens with zero attached hydrogens (tertiary/aromatic N) is 3. The van der Waals surface area contributed by atoms with Gasteiger partial charge in [0.2, 0.25) is 0 Å². The van der Waals surface area contributed by atoms with Crippen LogP contribution in [0.3, 0.4) is 0 Å². The van der Waals surface area contributed by atoms with Gasteiger partial charge < -0.3 is 20.1 Å². The molecule has 2 N–H and O–H groups in total. The summed E-state index contributed by atoms with van der Waals surface area (Å²) in [5.41, 5.74) is 1.01. The number of fused-ring (bicyclic) bond motifs is 1. The van der Waals surface area contributed by atoms with Crippen molar-refractivity contribution in [1.29, 1.82) is 0 Å². The Kier molecular flexibility index (Phi) is 9.65. The summed E-state index contributed by atoms with van der Waals surface area (Å²) in [5, 5.41) is 8.64. The Morgan fingerprint density at radius 1 is 1.42 bits per heavy atom. The van der Waals surface area contributed by atoms with Gasteiger partial charge in [-0.3, -0.25) is 9.39 Å². The van der Waals surface area contributed by atoms with E-state index in [0.717, 1.165) is 68.8 Å². The normalized spacial score (nSPS) is 15.8. The molecule has 0 spiro atoms. The summed E-state index contributed by atoms with van der Waals surface area (Å²) in [6.07, 6.45) is 7.27. The molecule has 0 aliphatic carbocycles. The summed E-state index contributed by atoms with van der Waals surface area (Å²) in [7, 11) is 1.78. The van der Waals surface area contributed by atoms with Crippen LogP contribution >= 0.6 is 35.3 Å². The Balaban J connectivity index is 0.00000243. The van der Waals surface area contributed by atoms with Gasteiger partial charge in [0.05, 0.1) is 12.2 Å². The minimum absolute atomic E-state index is 0.